The normalized spacial score (nSPS) is 13.5. The molecule has 0 amide bonds. The highest BCUT2D eigenvalue weighted by molar-refractivity contribution is 5.79. The monoisotopic (exact) mass is 286 g/mol. The lowest BCUT2D eigenvalue weighted by atomic mass is 9.85. The van der Waals surface area contributed by atoms with Crippen LogP contribution in [0.15, 0.2) is 24.8 Å². The van der Waals surface area contributed by atoms with E-state index in [1.807, 2.05) is 13.8 Å². The topological polar surface area (TPSA) is 77.9 Å². The summed E-state index contributed by atoms with van der Waals surface area (Å²) in [5.74, 6) is 0.412. The Morgan fingerprint density at radius 1 is 0.952 bits per heavy atom. The first-order valence-electron chi connectivity index (χ1n) is 6.68. The molecule has 0 saturated heterocycles. The third-order valence-electron chi connectivity index (χ3n) is 3.44. The fraction of sp³-hybridized carbons (Fsp3) is 0.400. The number of carbonyl (C=O) groups excluding carboxylic acids is 1. The lowest BCUT2D eigenvalue weighted by molar-refractivity contribution is -0.143. The Hall–Kier alpha value is -2.37. The van der Waals surface area contributed by atoms with Gasteiger partial charge < -0.3 is 4.74 Å². The number of methoxy groups -OCH3 is 1. The van der Waals surface area contributed by atoms with Crippen molar-refractivity contribution in [2.24, 2.45) is 0 Å². The molecule has 6 heteroatoms. The van der Waals surface area contributed by atoms with Crippen LogP contribution in [0.2, 0.25) is 0 Å². The quantitative estimate of drug-likeness (QED) is 0.799. The van der Waals surface area contributed by atoms with E-state index in [1.165, 1.54) is 7.11 Å². The van der Waals surface area contributed by atoms with Gasteiger partial charge >= 0.3 is 5.97 Å². The molecule has 2 heterocycles. The molecule has 0 aliphatic carbocycles. The molecule has 2 unspecified atom stereocenters. The van der Waals surface area contributed by atoms with Gasteiger partial charge in [0, 0.05) is 36.3 Å². The van der Waals surface area contributed by atoms with Gasteiger partial charge in [0.15, 0.2) is 0 Å². The minimum atomic E-state index is -0.484. The molecule has 2 aromatic rings. The summed E-state index contributed by atoms with van der Waals surface area (Å²) < 4.78 is 4.93. The van der Waals surface area contributed by atoms with Crippen LogP contribution in [0.4, 0.5) is 0 Å². The Kier molecular flexibility index (Phi) is 4.57. The third-order valence-corrected chi connectivity index (χ3v) is 3.44. The van der Waals surface area contributed by atoms with Gasteiger partial charge in [-0.1, -0.05) is 6.92 Å². The number of carbonyl (C=O) groups is 1. The summed E-state index contributed by atoms with van der Waals surface area (Å²) in [5, 5.41) is 0. The van der Waals surface area contributed by atoms with E-state index in [-0.39, 0.29) is 11.9 Å². The standard InChI is InChI=1S/C15H18N4O2/c1-9(12-5-16-10(2)17-6-12)14(15(20)21-4)13-7-18-11(3)19-8-13/h5-9,14H,1-4H3. The fourth-order valence-corrected chi connectivity index (χ4v) is 2.15. The number of nitrogens with zero attached hydrogens (tertiary/aromatic N) is 4. The first-order chi connectivity index (χ1) is 10.0. The van der Waals surface area contributed by atoms with E-state index in [4.69, 9.17) is 4.74 Å². The maximum absolute atomic E-state index is 12.2. The highest BCUT2D eigenvalue weighted by Crippen LogP contribution is 2.32. The maximum atomic E-state index is 12.2. The molecular formula is C15H18N4O2. The first-order valence-corrected chi connectivity index (χ1v) is 6.68. The van der Waals surface area contributed by atoms with Crippen molar-refractivity contribution < 1.29 is 9.53 Å². The summed E-state index contributed by atoms with van der Waals surface area (Å²) in [6.07, 6.45) is 6.79. The number of hydrogen-bond donors (Lipinski definition) is 0. The van der Waals surface area contributed by atoms with Crippen LogP contribution in [-0.4, -0.2) is 33.0 Å². The van der Waals surface area contributed by atoms with Crippen molar-refractivity contribution in [3.05, 3.63) is 47.6 Å². The molecule has 0 saturated carbocycles. The van der Waals surface area contributed by atoms with Crippen molar-refractivity contribution in [3.63, 3.8) is 0 Å². The van der Waals surface area contributed by atoms with Crippen LogP contribution in [0.25, 0.3) is 0 Å². The van der Waals surface area contributed by atoms with E-state index in [0.717, 1.165) is 11.1 Å². The van der Waals surface area contributed by atoms with Gasteiger partial charge in [0.1, 0.15) is 11.6 Å². The van der Waals surface area contributed by atoms with Crippen LogP contribution in [0.1, 0.15) is 41.5 Å². The van der Waals surface area contributed by atoms with Gasteiger partial charge in [-0.05, 0) is 19.4 Å². The average molecular weight is 286 g/mol. The minimum Gasteiger partial charge on any atom is -0.469 e. The van der Waals surface area contributed by atoms with Gasteiger partial charge in [-0.15, -0.1) is 0 Å². The van der Waals surface area contributed by atoms with Crippen molar-refractivity contribution in [1.82, 2.24) is 19.9 Å². The number of hydrogen-bond acceptors (Lipinski definition) is 6. The molecule has 2 rings (SSSR count). The van der Waals surface area contributed by atoms with Crippen LogP contribution in [0, 0.1) is 13.8 Å². The molecule has 0 fully saturated rings. The van der Waals surface area contributed by atoms with Crippen molar-refractivity contribution >= 4 is 5.97 Å². The van der Waals surface area contributed by atoms with Crippen LogP contribution < -0.4 is 0 Å². The SMILES string of the molecule is COC(=O)C(c1cnc(C)nc1)C(C)c1cnc(C)nc1. The predicted molar refractivity (Wildman–Crippen MR) is 76.7 cm³/mol. The van der Waals surface area contributed by atoms with Crippen LogP contribution in [0.3, 0.4) is 0 Å². The zero-order valence-electron chi connectivity index (χ0n) is 12.6. The number of esters is 1. The Balaban J connectivity index is 2.37. The second-order valence-electron chi connectivity index (χ2n) is 4.92. The van der Waals surface area contributed by atoms with E-state index < -0.39 is 5.92 Å². The van der Waals surface area contributed by atoms with Crippen molar-refractivity contribution in [1.29, 1.82) is 0 Å². The van der Waals surface area contributed by atoms with E-state index in [1.54, 1.807) is 31.7 Å². The van der Waals surface area contributed by atoms with E-state index in [9.17, 15) is 4.79 Å². The Morgan fingerprint density at radius 3 is 1.81 bits per heavy atom. The summed E-state index contributed by atoms with van der Waals surface area (Å²) >= 11 is 0. The van der Waals surface area contributed by atoms with Crippen molar-refractivity contribution in [2.75, 3.05) is 7.11 Å². The largest absolute Gasteiger partial charge is 0.469 e. The maximum Gasteiger partial charge on any atom is 0.313 e. The molecule has 21 heavy (non-hydrogen) atoms. The van der Waals surface area contributed by atoms with Gasteiger partial charge in [0.25, 0.3) is 0 Å². The molecule has 0 aromatic carbocycles. The van der Waals surface area contributed by atoms with Gasteiger partial charge in [-0.3, -0.25) is 4.79 Å². The van der Waals surface area contributed by atoms with E-state index in [2.05, 4.69) is 19.9 Å². The second-order valence-corrected chi connectivity index (χ2v) is 4.92. The van der Waals surface area contributed by atoms with Crippen molar-refractivity contribution in [3.8, 4) is 0 Å². The molecule has 0 aliphatic rings. The first kappa shape index (κ1) is 15.0. The van der Waals surface area contributed by atoms with Crippen molar-refractivity contribution in [2.45, 2.75) is 32.6 Å². The third kappa shape index (κ3) is 3.39. The number of rotatable bonds is 4. The van der Waals surface area contributed by atoms with Gasteiger partial charge in [-0.2, -0.15) is 0 Å². The summed E-state index contributed by atoms with van der Waals surface area (Å²) in [4.78, 5) is 28.8. The summed E-state index contributed by atoms with van der Waals surface area (Å²) in [7, 11) is 1.38. The lowest BCUT2D eigenvalue weighted by Crippen LogP contribution is -2.21. The summed E-state index contributed by atoms with van der Waals surface area (Å²) in [6, 6.07) is 0. The highest BCUT2D eigenvalue weighted by Gasteiger charge is 2.30. The fourth-order valence-electron chi connectivity index (χ4n) is 2.15. The number of ether oxygens (including phenoxy) is 1. The smallest absolute Gasteiger partial charge is 0.313 e. The molecule has 110 valence electrons. The minimum absolute atomic E-state index is 0.135. The molecule has 0 radical (unpaired) electrons. The Bertz CT molecular complexity index is 611. The predicted octanol–water partition coefficient (Wildman–Crippen LogP) is 1.94. The molecule has 6 nitrogen and oxygen atoms in total. The summed E-state index contributed by atoms with van der Waals surface area (Å²) in [5.41, 5.74) is 1.59. The van der Waals surface area contributed by atoms with Gasteiger partial charge in [0.05, 0.1) is 13.0 Å². The van der Waals surface area contributed by atoms with Crippen LogP contribution in [0.5, 0.6) is 0 Å². The molecule has 0 N–H and O–H groups in total. The lowest BCUT2D eigenvalue weighted by Gasteiger charge is -2.21. The zero-order chi connectivity index (χ0) is 15.4. The van der Waals surface area contributed by atoms with E-state index in [0.29, 0.717) is 11.6 Å². The number of aryl methyl sites for hydroxylation is 2. The van der Waals surface area contributed by atoms with Gasteiger partial charge in [0.2, 0.25) is 0 Å². The molecule has 0 bridgehead atoms. The highest BCUT2D eigenvalue weighted by atomic mass is 16.5. The Labute approximate surface area is 123 Å². The molecule has 2 atom stereocenters. The van der Waals surface area contributed by atoms with Crippen LogP contribution in [-0.2, 0) is 9.53 Å². The molecule has 0 aliphatic heterocycles. The second kappa shape index (κ2) is 6.39. The Morgan fingerprint density at radius 2 is 1.38 bits per heavy atom. The number of aromatic nitrogens is 4. The van der Waals surface area contributed by atoms with E-state index >= 15 is 0 Å². The van der Waals surface area contributed by atoms with Gasteiger partial charge in [-0.25, -0.2) is 19.9 Å². The van der Waals surface area contributed by atoms with Crippen LogP contribution >= 0.6 is 0 Å². The summed E-state index contributed by atoms with van der Waals surface area (Å²) in [6.45, 7) is 5.56. The molecular weight excluding hydrogens is 268 g/mol. The zero-order valence-corrected chi connectivity index (χ0v) is 12.6. The average Bonchev–Trinajstić information content (AvgIpc) is 2.49. The molecule has 2 aromatic heterocycles. The molecule has 0 spiro atoms.